The summed E-state index contributed by atoms with van der Waals surface area (Å²) in [6.07, 6.45) is 5.05. The molecule has 5 fully saturated rings. The number of fused-ring (bicyclic) bond motifs is 2. The van der Waals surface area contributed by atoms with Gasteiger partial charge in [0.25, 0.3) is 0 Å². The molecular weight excluding hydrogens is 479 g/mol. The lowest BCUT2D eigenvalue weighted by Gasteiger charge is -2.60. The average Bonchev–Trinajstić information content (AvgIpc) is 3.08. The highest BCUT2D eigenvalue weighted by molar-refractivity contribution is 6.40. The van der Waals surface area contributed by atoms with Gasteiger partial charge < -0.3 is 30.2 Å². The van der Waals surface area contributed by atoms with E-state index in [9.17, 15) is 9.59 Å². The number of amides is 2. The second-order valence-electron chi connectivity index (χ2n) is 12.1. The Bertz CT molecular complexity index is 817. The maximum atomic E-state index is 12.8. The molecule has 5 rings (SSSR count). The van der Waals surface area contributed by atoms with E-state index in [0.29, 0.717) is 50.5 Å². The molecule has 11 heteroatoms. The smallest absolute Gasteiger partial charge is 0.427 e. The van der Waals surface area contributed by atoms with Crippen LogP contribution in [0.2, 0.25) is 6.32 Å². The van der Waals surface area contributed by atoms with Crippen molar-refractivity contribution in [3.63, 3.8) is 0 Å². The van der Waals surface area contributed by atoms with Gasteiger partial charge in [-0.25, -0.2) is 9.78 Å². The van der Waals surface area contributed by atoms with E-state index < -0.39 is 24.8 Å². The molecule has 4 saturated heterocycles. The lowest BCUT2D eigenvalue weighted by atomic mass is 9.57. The minimum atomic E-state index is -1.31. The molecule has 0 aromatic carbocycles. The maximum absolute atomic E-state index is 12.8. The maximum Gasteiger partial charge on any atom is 0.451 e. The van der Waals surface area contributed by atoms with E-state index in [1.165, 1.54) is 0 Å². The van der Waals surface area contributed by atoms with Crippen LogP contribution in [0.5, 0.6) is 0 Å². The number of nitrogens with one attached hydrogen (secondary N) is 2. The molecule has 1 spiro atoms. The molecule has 0 radical (unpaired) electrons. The second-order valence-corrected chi connectivity index (χ2v) is 12.1. The minimum absolute atomic E-state index is 0.0717. The highest BCUT2D eigenvalue weighted by Gasteiger charge is 2.69. The van der Waals surface area contributed by atoms with Crippen molar-refractivity contribution in [2.75, 3.05) is 13.1 Å². The molecule has 1 aliphatic carbocycles. The topological polar surface area (TPSA) is 136 Å². The average molecular weight is 524 g/mol. The molecule has 0 unspecified atom stereocenters. The Morgan fingerprint density at radius 1 is 1.08 bits per heavy atom. The molecule has 4 heterocycles. The van der Waals surface area contributed by atoms with Gasteiger partial charge in [0.1, 0.15) is 0 Å². The van der Waals surface area contributed by atoms with E-state index in [0.717, 1.165) is 25.7 Å². The zero-order valence-electron chi connectivity index (χ0n) is 22.7. The molecule has 4 aliphatic heterocycles. The quantitative estimate of drug-likeness (QED) is 0.183. The first-order valence-electron chi connectivity index (χ1n) is 14.1. The molecule has 0 aromatic rings. The van der Waals surface area contributed by atoms with Crippen molar-refractivity contribution in [2.45, 2.75) is 109 Å². The molecule has 2 bridgehead atoms. The van der Waals surface area contributed by atoms with Crippen LogP contribution in [0.15, 0.2) is 0 Å². The highest BCUT2D eigenvalue weighted by atomic mass is 17.3. The summed E-state index contributed by atoms with van der Waals surface area (Å²) in [5.41, 5.74) is -0.622. The van der Waals surface area contributed by atoms with Gasteiger partial charge in [-0.15, -0.1) is 0 Å². The van der Waals surface area contributed by atoms with E-state index in [1.807, 2.05) is 13.8 Å². The molecule has 2 amide bonds. The Morgan fingerprint density at radius 2 is 1.86 bits per heavy atom. The molecule has 5 aliphatic rings. The number of carbonyl (C=O) groups is 2. The summed E-state index contributed by atoms with van der Waals surface area (Å²) < 4.78 is 12.8. The largest absolute Gasteiger partial charge is 0.451 e. The first-order valence-corrected chi connectivity index (χ1v) is 14.1. The summed E-state index contributed by atoms with van der Waals surface area (Å²) in [4.78, 5) is 36.9. The van der Waals surface area contributed by atoms with Crippen molar-refractivity contribution < 1.29 is 38.9 Å². The lowest BCUT2D eigenvalue weighted by molar-refractivity contribution is -0.570. The van der Waals surface area contributed by atoms with Crippen molar-refractivity contribution in [3.05, 3.63) is 0 Å². The van der Waals surface area contributed by atoms with Gasteiger partial charge in [0, 0.05) is 31.8 Å². The van der Waals surface area contributed by atoms with Crippen molar-refractivity contribution in [3.8, 4) is 0 Å². The van der Waals surface area contributed by atoms with Crippen LogP contribution in [-0.2, 0) is 28.8 Å². The van der Waals surface area contributed by atoms with Crippen LogP contribution in [0.3, 0.4) is 0 Å². The zero-order valence-corrected chi connectivity index (χ0v) is 22.7. The fraction of sp³-hybridized carbons (Fsp3) is 0.923. The van der Waals surface area contributed by atoms with Gasteiger partial charge in [0.15, 0.2) is 11.9 Å². The Balaban J connectivity index is 1.23. The van der Waals surface area contributed by atoms with E-state index in [4.69, 9.17) is 29.3 Å². The van der Waals surface area contributed by atoms with Crippen LogP contribution in [0.1, 0.15) is 79.1 Å². The third-order valence-electron chi connectivity index (χ3n) is 9.15. The third-order valence-corrected chi connectivity index (χ3v) is 9.15. The van der Waals surface area contributed by atoms with Gasteiger partial charge >= 0.3 is 7.12 Å². The van der Waals surface area contributed by atoms with Crippen molar-refractivity contribution in [1.82, 2.24) is 10.6 Å². The van der Waals surface area contributed by atoms with Crippen molar-refractivity contribution in [1.29, 1.82) is 0 Å². The van der Waals surface area contributed by atoms with Crippen molar-refractivity contribution >= 4 is 18.9 Å². The summed E-state index contributed by atoms with van der Waals surface area (Å²) in [5.74, 6) is 0.278. The van der Waals surface area contributed by atoms with Gasteiger partial charge in [-0.05, 0) is 62.6 Å². The van der Waals surface area contributed by atoms with E-state index in [1.54, 1.807) is 0 Å². The SMILES string of the molecule is C[C@H](CCB(O)O)CNC(=O)CCCNC(=O)C[C@H]1O[C@@H]2O[C@@]3(C)CC[C@H]4[C@H](C)CC[C@@H]([C@H]1C)[C@@]24OO3. The van der Waals surface area contributed by atoms with Gasteiger partial charge in [-0.3, -0.25) is 9.59 Å². The number of carbonyl (C=O) groups excluding carboxylic acids is 2. The predicted octanol–water partition coefficient (Wildman–Crippen LogP) is 2.14. The van der Waals surface area contributed by atoms with Gasteiger partial charge in [0.05, 0.1) is 12.5 Å². The Kier molecular flexibility index (Phi) is 9.23. The summed E-state index contributed by atoms with van der Waals surface area (Å²) in [7, 11) is -1.31. The second kappa shape index (κ2) is 11.9. The number of ether oxygens (including phenoxy) is 2. The summed E-state index contributed by atoms with van der Waals surface area (Å²) in [6.45, 7) is 9.20. The Morgan fingerprint density at radius 3 is 2.62 bits per heavy atom. The molecule has 0 aromatic heterocycles. The molecule has 1 saturated carbocycles. The van der Waals surface area contributed by atoms with Crippen LogP contribution in [0.25, 0.3) is 0 Å². The standard InChI is InChI=1S/C26H45BN2O8/c1-16(10-12-27(32)33)15-29-22(30)6-5-13-28-23(31)14-21-18(3)20-8-7-17(2)19-9-11-25(4)35-24(34-21)26(19,20)37-36-25/h16-21,24,32-33H,5-15H2,1-4H3,(H,28,31)(H,29,30)/t16-,17-,18-,19+,20+,21-,24-,25-,26-/m1/s1. The van der Waals surface area contributed by atoms with Crippen LogP contribution in [0, 0.1) is 29.6 Å². The molecule has 210 valence electrons. The van der Waals surface area contributed by atoms with Gasteiger partial charge in [-0.1, -0.05) is 27.2 Å². The van der Waals surface area contributed by atoms with Gasteiger partial charge in [0.2, 0.25) is 17.6 Å². The van der Waals surface area contributed by atoms with E-state index in [2.05, 4.69) is 24.5 Å². The van der Waals surface area contributed by atoms with Crippen LogP contribution < -0.4 is 10.6 Å². The number of rotatable bonds is 11. The summed E-state index contributed by atoms with van der Waals surface area (Å²) in [5, 5.41) is 23.7. The molecule has 10 nitrogen and oxygen atoms in total. The predicted molar refractivity (Wildman–Crippen MR) is 135 cm³/mol. The normalized spacial score (nSPS) is 39.3. The van der Waals surface area contributed by atoms with E-state index >= 15 is 0 Å². The van der Waals surface area contributed by atoms with Crippen LogP contribution >= 0.6 is 0 Å². The monoisotopic (exact) mass is 524 g/mol. The number of hydrogen-bond acceptors (Lipinski definition) is 8. The minimum Gasteiger partial charge on any atom is -0.427 e. The molecular formula is C26H45BN2O8. The van der Waals surface area contributed by atoms with Gasteiger partial charge in [-0.2, -0.15) is 0 Å². The lowest BCUT2D eigenvalue weighted by Crippen LogP contribution is -2.70. The van der Waals surface area contributed by atoms with E-state index in [-0.39, 0.29) is 42.1 Å². The van der Waals surface area contributed by atoms with Crippen LogP contribution in [0.4, 0.5) is 0 Å². The first kappa shape index (κ1) is 28.8. The first-order chi connectivity index (χ1) is 17.5. The third kappa shape index (κ3) is 6.33. The molecule has 9 atom stereocenters. The highest BCUT2D eigenvalue weighted by Crippen LogP contribution is 2.60. The Hall–Kier alpha value is -1.24. The molecule has 4 N–H and O–H groups in total. The summed E-state index contributed by atoms with van der Waals surface area (Å²) >= 11 is 0. The fourth-order valence-corrected chi connectivity index (χ4v) is 6.86. The van der Waals surface area contributed by atoms with Crippen molar-refractivity contribution in [2.24, 2.45) is 29.6 Å². The van der Waals surface area contributed by atoms with Crippen LogP contribution in [-0.4, -0.2) is 65.9 Å². The Labute approximate surface area is 220 Å². The molecule has 37 heavy (non-hydrogen) atoms. The summed E-state index contributed by atoms with van der Waals surface area (Å²) in [6, 6.07) is 0. The fourth-order valence-electron chi connectivity index (χ4n) is 6.86. The zero-order chi connectivity index (χ0) is 26.8. The number of hydrogen-bond donors (Lipinski definition) is 4.